The number of carbonyl (C=O) groups is 1. The Balaban J connectivity index is 1.16. The lowest BCUT2D eigenvalue weighted by Gasteiger charge is -2.18. The van der Waals surface area contributed by atoms with E-state index in [-0.39, 0.29) is 5.91 Å². The maximum absolute atomic E-state index is 12.7. The fourth-order valence-electron chi connectivity index (χ4n) is 4.37. The van der Waals surface area contributed by atoms with Gasteiger partial charge in [-0.05, 0) is 48.1 Å². The molecule has 1 amide bonds. The van der Waals surface area contributed by atoms with E-state index in [1.54, 1.807) is 34.6 Å². The van der Waals surface area contributed by atoms with E-state index < -0.39 is 0 Å². The highest BCUT2D eigenvalue weighted by molar-refractivity contribution is 7.15. The Labute approximate surface area is 219 Å². The van der Waals surface area contributed by atoms with E-state index in [4.69, 9.17) is 5.73 Å². The lowest BCUT2D eigenvalue weighted by Crippen LogP contribution is -2.22. The number of nitrogens with one attached hydrogen (secondary N) is 1. The van der Waals surface area contributed by atoms with Crippen molar-refractivity contribution >= 4 is 38.8 Å². The van der Waals surface area contributed by atoms with E-state index in [0.29, 0.717) is 24.5 Å². The average Bonchev–Trinajstić information content (AvgIpc) is 3.49. The van der Waals surface area contributed by atoms with Gasteiger partial charge >= 0.3 is 0 Å². The number of hydrogen-bond acceptors (Lipinski definition) is 7. The summed E-state index contributed by atoms with van der Waals surface area (Å²) in [7, 11) is 2.09. The Morgan fingerprint density at radius 3 is 2.59 bits per heavy atom. The van der Waals surface area contributed by atoms with E-state index in [9.17, 15) is 4.79 Å². The number of amides is 1. The van der Waals surface area contributed by atoms with Gasteiger partial charge in [0.15, 0.2) is 0 Å². The van der Waals surface area contributed by atoms with Crippen LogP contribution in [0.25, 0.3) is 10.8 Å². The molecule has 0 fully saturated rings. The van der Waals surface area contributed by atoms with Crippen LogP contribution in [0.4, 0.5) is 10.8 Å². The van der Waals surface area contributed by atoms with Crippen molar-refractivity contribution in [2.75, 3.05) is 17.7 Å². The SMILES string of the molecule is Cc1nc(C)c(N(C)Cc2ccc(Cn3cc(C(=O)NCc4ccc5c(N)nccc5c4)cn3)cc2)s1. The lowest BCUT2D eigenvalue weighted by atomic mass is 10.1. The first-order chi connectivity index (χ1) is 17.9. The largest absolute Gasteiger partial charge is 0.383 e. The summed E-state index contributed by atoms with van der Waals surface area (Å²) in [6.07, 6.45) is 5.06. The fourth-order valence-corrected chi connectivity index (χ4v) is 5.25. The first-order valence-electron chi connectivity index (χ1n) is 12.0. The number of benzene rings is 2. The molecule has 3 aromatic heterocycles. The van der Waals surface area contributed by atoms with Gasteiger partial charge in [-0.15, -0.1) is 11.3 Å². The summed E-state index contributed by atoms with van der Waals surface area (Å²) in [4.78, 5) is 23.6. The molecule has 188 valence electrons. The van der Waals surface area contributed by atoms with E-state index in [1.165, 1.54) is 10.6 Å². The summed E-state index contributed by atoms with van der Waals surface area (Å²) in [6, 6.07) is 16.3. The number of rotatable bonds is 8. The molecule has 0 aliphatic rings. The van der Waals surface area contributed by atoms with E-state index >= 15 is 0 Å². The van der Waals surface area contributed by atoms with Crippen LogP contribution in [0.5, 0.6) is 0 Å². The van der Waals surface area contributed by atoms with Crippen LogP contribution in [-0.4, -0.2) is 32.7 Å². The van der Waals surface area contributed by atoms with Gasteiger partial charge < -0.3 is 16.0 Å². The van der Waals surface area contributed by atoms with Crippen molar-refractivity contribution in [1.82, 2.24) is 25.1 Å². The van der Waals surface area contributed by atoms with Crippen molar-refractivity contribution < 1.29 is 4.79 Å². The number of carbonyl (C=O) groups excluding carboxylic acids is 1. The van der Waals surface area contributed by atoms with Crippen LogP contribution in [0.1, 0.15) is 37.7 Å². The van der Waals surface area contributed by atoms with Gasteiger partial charge in [0.05, 0.1) is 29.0 Å². The van der Waals surface area contributed by atoms with Gasteiger partial charge in [-0.2, -0.15) is 5.10 Å². The van der Waals surface area contributed by atoms with Gasteiger partial charge in [0.1, 0.15) is 10.8 Å². The number of nitrogens with two attached hydrogens (primary N) is 1. The van der Waals surface area contributed by atoms with Gasteiger partial charge in [-0.3, -0.25) is 9.48 Å². The average molecular weight is 512 g/mol. The number of fused-ring (bicyclic) bond motifs is 1. The molecule has 9 heteroatoms. The van der Waals surface area contributed by atoms with Crippen molar-refractivity contribution in [1.29, 1.82) is 0 Å². The van der Waals surface area contributed by atoms with Crippen LogP contribution in [0.15, 0.2) is 67.1 Å². The molecule has 0 spiro atoms. The predicted molar refractivity (Wildman–Crippen MR) is 149 cm³/mol. The van der Waals surface area contributed by atoms with Crippen molar-refractivity contribution in [2.24, 2.45) is 0 Å². The highest BCUT2D eigenvalue weighted by Crippen LogP contribution is 2.28. The Morgan fingerprint density at radius 1 is 1.08 bits per heavy atom. The fraction of sp³-hybridized carbons (Fsp3) is 0.214. The van der Waals surface area contributed by atoms with Gasteiger partial charge in [0.2, 0.25) is 0 Å². The molecule has 0 saturated carbocycles. The predicted octanol–water partition coefficient (Wildman–Crippen LogP) is 4.70. The van der Waals surface area contributed by atoms with Gasteiger partial charge in [0.25, 0.3) is 5.91 Å². The molecule has 0 radical (unpaired) electrons. The third-order valence-corrected chi connectivity index (χ3v) is 7.41. The van der Waals surface area contributed by atoms with Crippen LogP contribution >= 0.6 is 11.3 Å². The molecule has 0 aliphatic carbocycles. The molecule has 3 heterocycles. The second kappa shape index (κ2) is 10.4. The molecular formula is C28H29N7OS. The number of aryl methyl sites for hydroxylation is 2. The lowest BCUT2D eigenvalue weighted by molar-refractivity contribution is 0.0951. The molecular weight excluding hydrogens is 482 g/mol. The molecule has 3 N–H and O–H groups in total. The minimum Gasteiger partial charge on any atom is -0.383 e. The number of pyridine rings is 1. The van der Waals surface area contributed by atoms with E-state index in [1.807, 2.05) is 31.2 Å². The summed E-state index contributed by atoms with van der Waals surface area (Å²) in [5.41, 5.74) is 10.9. The van der Waals surface area contributed by atoms with Crippen LogP contribution in [0.3, 0.4) is 0 Å². The van der Waals surface area contributed by atoms with Crippen LogP contribution in [0, 0.1) is 13.8 Å². The number of anilines is 2. The zero-order valence-electron chi connectivity index (χ0n) is 21.1. The van der Waals surface area contributed by atoms with Crippen molar-refractivity contribution in [3.63, 3.8) is 0 Å². The molecule has 0 atom stereocenters. The second-order valence-electron chi connectivity index (χ2n) is 9.16. The molecule has 37 heavy (non-hydrogen) atoms. The third kappa shape index (κ3) is 5.62. The summed E-state index contributed by atoms with van der Waals surface area (Å²) >= 11 is 1.72. The van der Waals surface area contributed by atoms with Crippen molar-refractivity contribution in [2.45, 2.75) is 33.5 Å². The molecule has 0 unspecified atom stereocenters. The van der Waals surface area contributed by atoms with Gasteiger partial charge in [-0.25, -0.2) is 9.97 Å². The minimum absolute atomic E-state index is 0.160. The zero-order chi connectivity index (χ0) is 25.9. The number of nitrogens with zero attached hydrogens (tertiary/aromatic N) is 5. The molecule has 0 bridgehead atoms. The summed E-state index contributed by atoms with van der Waals surface area (Å²) in [6.45, 7) is 5.91. The molecule has 8 nitrogen and oxygen atoms in total. The monoisotopic (exact) mass is 511 g/mol. The zero-order valence-corrected chi connectivity index (χ0v) is 21.9. The first-order valence-corrected chi connectivity index (χ1v) is 12.8. The normalized spacial score (nSPS) is 11.1. The number of thiazole rings is 1. The highest BCUT2D eigenvalue weighted by Gasteiger charge is 2.12. The van der Waals surface area contributed by atoms with Crippen LogP contribution < -0.4 is 16.0 Å². The van der Waals surface area contributed by atoms with Crippen molar-refractivity contribution in [3.05, 3.63) is 100 Å². The van der Waals surface area contributed by atoms with Crippen LogP contribution in [0.2, 0.25) is 0 Å². The van der Waals surface area contributed by atoms with E-state index in [0.717, 1.165) is 39.1 Å². The molecule has 2 aromatic carbocycles. The smallest absolute Gasteiger partial charge is 0.254 e. The van der Waals surface area contributed by atoms with Crippen molar-refractivity contribution in [3.8, 4) is 0 Å². The first kappa shape index (κ1) is 24.5. The molecule has 5 aromatic rings. The molecule has 0 aliphatic heterocycles. The molecule has 0 saturated heterocycles. The minimum atomic E-state index is -0.160. The third-order valence-electron chi connectivity index (χ3n) is 6.22. The quantitative estimate of drug-likeness (QED) is 0.313. The summed E-state index contributed by atoms with van der Waals surface area (Å²) < 4.78 is 1.78. The number of aromatic nitrogens is 4. The van der Waals surface area contributed by atoms with Gasteiger partial charge in [-0.1, -0.05) is 36.4 Å². The summed E-state index contributed by atoms with van der Waals surface area (Å²) in [5.74, 6) is 0.344. The Hall–Kier alpha value is -4.24. The second-order valence-corrected chi connectivity index (χ2v) is 10.3. The van der Waals surface area contributed by atoms with E-state index in [2.05, 4.69) is 63.5 Å². The maximum atomic E-state index is 12.7. The Morgan fingerprint density at radius 2 is 1.84 bits per heavy atom. The van der Waals surface area contributed by atoms with Crippen LogP contribution in [-0.2, 0) is 19.6 Å². The van der Waals surface area contributed by atoms with Gasteiger partial charge in [0, 0.05) is 37.9 Å². The standard InChI is InChI=1S/C28H29N7OS/c1-18-28(37-19(2)33-18)34(3)15-20-4-6-21(7-5-20)16-35-17-24(14-32-35)27(36)31-13-22-8-9-25-23(12-22)10-11-30-26(25)29/h4-12,14,17H,13,15-16H2,1-3H3,(H2,29,30)(H,31,36). The molecule has 5 rings (SSSR count). The maximum Gasteiger partial charge on any atom is 0.254 e. The topological polar surface area (TPSA) is 102 Å². The Kier molecular flexibility index (Phi) is 6.87. The number of nitrogen functional groups attached to an aromatic ring is 1. The number of hydrogen-bond donors (Lipinski definition) is 2. The summed E-state index contributed by atoms with van der Waals surface area (Å²) in [5, 5.41) is 11.5. The Bertz CT molecular complexity index is 1550. The highest BCUT2D eigenvalue weighted by atomic mass is 32.1.